The van der Waals surface area contributed by atoms with Crippen LogP contribution < -0.4 is 14.9 Å². The SMILES string of the molecule is COc1ccc(-c2csc(N/N=C\c3cccc(Cl)c3Cl)n2)c(OC)c1. The first-order chi connectivity index (χ1) is 12.6. The molecule has 26 heavy (non-hydrogen) atoms. The predicted octanol–water partition coefficient (Wildman–Crippen LogP) is 5.58. The van der Waals surface area contributed by atoms with E-state index in [4.69, 9.17) is 32.7 Å². The quantitative estimate of drug-likeness (QED) is 0.427. The van der Waals surface area contributed by atoms with E-state index in [1.54, 1.807) is 26.5 Å². The number of anilines is 1. The first kappa shape index (κ1) is 18.5. The highest BCUT2D eigenvalue weighted by atomic mass is 35.5. The van der Waals surface area contributed by atoms with Gasteiger partial charge < -0.3 is 9.47 Å². The van der Waals surface area contributed by atoms with E-state index in [-0.39, 0.29) is 0 Å². The molecule has 0 amide bonds. The minimum absolute atomic E-state index is 0.461. The smallest absolute Gasteiger partial charge is 0.203 e. The van der Waals surface area contributed by atoms with Gasteiger partial charge in [-0.2, -0.15) is 5.10 Å². The number of nitrogens with zero attached hydrogens (tertiary/aromatic N) is 2. The van der Waals surface area contributed by atoms with Crippen LogP contribution in [0.15, 0.2) is 46.9 Å². The Morgan fingerprint density at radius 1 is 1.15 bits per heavy atom. The van der Waals surface area contributed by atoms with Gasteiger partial charge in [0, 0.05) is 22.6 Å². The van der Waals surface area contributed by atoms with Crippen molar-refractivity contribution in [2.45, 2.75) is 0 Å². The van der Waals surface area contributed by atoms with Gasteiger partial charge in [0.15, 0.2) is 0 Å². The Kier molecular flexibility index (Phi) is 5.98. The minimum atomic E-state index is 0.461. The van der Waals surface area contributed by atoms with Gasteiger partial charge >= 0.3 is 0 Å². The highest BCUT2D eigenvalue weighted by Gasteiger charge is 2.11. The fourth-order valence-corrected chi connectivity index (χ4v) is 3.25. The maximum Gasteiger partial charge on any atom is 0.203 e. The Hall–Kier alpha value is -2.28. The molecule has 0 aliphatic heterocycles. The third-order valence-electron chi connectivity index (χ3n) is 3.53. The second-order valence-corrected chi connectivity index (χ2v) is 6.76. The molecule has 3 rings (SSSR count). The zero-order chi connectivity index (χ0) is 18.5. The van der Waals surface area contributed by atoms with Crippen molar-refractivity contribution in [1.82, 2.24) is 4.98 Å². The summed E-state index contributed by atoms with van der Waals surface area (Å²) >= 11 is 13.5. The minimum Gasteiger partial charge on any atom is -0.497 e. The molecule has 3 aromatic rings. The Balaban J connectivity index is 1.76. The molecule has 134 valence electrons. The van der Waals surface area contributed by atoms with Crippen LogP contribution in [-0.4, -0.2) is 25.4 Å². The molecule has 0 unspecified atom stereocenters. The fraction of sp³-hybridized carbons (Fsp3) is 0.111. The average Bonchev–Trinajstić information content (AvgIpc) is 3.13. The standard InChI is InChI=1S/C18H15Cl2N3O2S/c1-24-12-6-7-13(16(8-12)25-2)15-10-26-18(22-15)23-21-9-11-4-3-5-14(19)17(11)20/h3-10H,1-2H3,(H,22,23)/b21-9-. The maximum absolute atomic E-state index is 6.13. The van der Waals surface area contributed by atoms with Gasteiger partial charge in [-0.25, -0.2) is 4.98 Å². The van der Waals surface area contributed by atoms with E-state index in [2.05, 4.69) is 15.5 Å². The molecule has 0 fully saturated rings. The molecule has 1 aromatic heterocycles. The largest absolute Gasteiger partial charge is 0.497 e. The third-order valence-corrected chi connectivity index (χ3v) is 5.11. The van der Waals surface area contributed by atoms with Crippen LogP contribution in [-0.2, 0) is 0 Å². The van der Waals surface area contributed by atoms with Crippen LogP contribution in [0.25, 0.3) is 11.3 Å². The topological polar surface area (TPSA) is 55.7 Å². The van der Waals surface area contributed by atoms with E-state index in [0.717, 1.165) is 22.6 Å². The van der Waals surface area contributed by atoms with Gasteiger partial charge in [-0.05, 0) is 18.2 Å². The molecule has 2 aromatic carbocycles. The molecule has 0 saturated carbocycles. The van der Waals surface area contributed by atoms with E-state index < -0.39 is 0 Å². The van der Waals surface area contributed by atoms with Gasteiger partial charge in [0.2, 0.25) is 5.13 Å². The van der Waals surface area contributed by atoms with Gasteiger partial charge in [0.25, 0.3) is 0 Å². The number of hydrazone groups is 1. The number of methoxy groups -OCH3 is 2. The molecule has 1 N–H and O–H groups in total. The molecule has 0 bridgehead atoms. The van der Waals surface area contributed by atoms with Crippen LogP contribution in [0.3, 0.4) is 0 Å². The van der Waals surface area contributed by atoms with Crippen molar-refractivity contribution in [1.29, 1.82) is 0 Å². The molecular formula is C18H15Cl2N3O2S. The summed E-state index contributed by atoms with van der Waals surface area (Å²) in [7, 11) is 3.23. The first-order valence-electron chi connectivity index (χ1n) is 7.53. The van der Waals surface area contributed by atoms with E-state index >= 15 is 0 Å². The van der Waals surface area contributed by atoms with Gasteiger partial charge in [-0.3, -0.25) is 5.43 Å². The van der Waals surface area contributed by atoms with Crippen LogP contribution in [0, 0.1) is 0 Å². The number of nitrogens with one attached hydrogen (secondary N) is 1. The summed E-state index contributed by atoms with van der Waals surface area (Å²) in [5.41, 5.74) is 5.28. The average molecular weight is 408 g/mol. The Morgan fingerprint density at radius 3 is 2.77 bits per heavy atom. The molecular weight excluding hydrogens is 393 g/mol. The lowest BCUT2D eigenvalue weighted by Crippen LogP contribution is -1.92. The predicted molar refractivity (Wildman–Crippen MR) is 108 cm³/mol. The number of ether oxygens (including phenoxy) is 2. The van der Waals surface area contributed by atoms with Crippen molar-refractivity contribution in [3.8, 4) is 22.8 Å². The Bertz CT molecular complexity index is 944. The summed E-state index contributed by atoms with van der Waals surface area (Å²) in [6, 6.07) is 11.0. The number of hydrogen-bond acceptors (Lipinski definition) is 6. The summed E-state index contributed by atoms with van der Waals surface area (Å²) < 4.78 is 10.6. The van der Waals surface area contributed by atoms with Crippen molar-refractivity contribution in [3.63, 3.8) is 0 Å². The van der Waals surface area contributed by atoms with Crippen LogP contribution in [0.1, 0.15) is 5.56 Å². The second kappa shape index (κ2) is 8.40. The van der Waals surface area contributed by atoms with Crippen LogP contribution in [0.5, 0.6) is 11.5 Å². The zero-order valence-corrected chi connectivity index (χ0v) is 16.3. The molecule has 0 spiro atoms. The van der Waals surface area contributed by atoms with Crippen LogP contribution >= 0.6 is 34.5 Å². The summed E-state index contributed by atoms with van der Waals surface area (Å²) in [5.74, 6) is 1.41. The molecule has 5 nitrogen and oxygen atoms in total. The molecule has 0 radical (unpaired) electrons. The maximum atomic E-state index is 6.13. The number of halogens is 2. The summed E-state index contributed by atoms with van der Waals surface area (Å²) in [5, 5.41) is 7.69. The van der Waals surface area contributed by atoms with E-state index in [0.29, 0.717) is 20.9 Å². The highest BCUT2D eigenvalue weighted by molar-refractivity contribution is 7.14. The first-order valence-corrected chi connectivity index (χ1v) is 9.17. The summed E-state index contributed by atoms with van der Waals surface area (Å²) in [6.07, 6.45) is 1.60. The van der Waals surface area contributed by atoms with Crippen molar-refractivity contribution < 1.29 is 9.47 Å². The van der Waals surface area contributed by atoms with Crippen molar-refractivity contribution >= 4 is 45.9 Å². The lowest BCUT2D eigenvalue weighted by molar-refractivity contribution is 0.395. The molecule has 0 saturated heterocycles. The molecule has 8 heteroatoms. The molecule has 1 heterocycles. The van der Waals surface area contributed by atoms with Crippen molar-refractivity contribution in [3.05, 3.63) is 57.4 Å². The van der Waals surface area contributed by atoms with Crippen molar-refractivity contribution in [2.24, 2.45) is 5.10 Å². The lowest BCUT2D eigenvalue weighted by atomic mass is 10.1. The number of hydrogen-bond donors (Lipinski definition) is 1. The lowest BCUT2D eigenvalue weighted by Gasteiger charge is -2.08. The fourth-order valence-electron chi connectivity index (χ4n) is 2.24. The van der Waals surface area contributed by atoms with Gasteiger partial charge in [0.1, 0.15) is 11.5 Å². The van der Waals surface area contributed by atoms with E-state index in [1.807, 2.05) is 35.7 Å². The number of rotatable bonds is 6. The number of thiazole rings is 1. The summed E-state index contributed by atoms with van der Waals surface area (Å²) in [6.45, 7) is 0. The molecule has 0 atom stereocenters. The van der Waals surface area contributed by atoms with Gasteiger partial charge in [-0.15, -0.1) is 11.3 Å². The third kappa shape index (κ3) is 4.09. The molecule has 0 aliphatic carbocycles. The zero-order valence-electron chi connectivity index (χ0n) is 14.0. The van der Waals surface area contributed by atoms with Crippen LogP contribution in [0.4, 0.5) is 5.13 Å². The van der Waals surface area contributed by atoms with E-state index in [9.17, 15) is 0 Å². The summed E-state index contributed by atoms with van der Waals surface area (Å²) in [4.78, 5) is 4.53. The second-order valence-electron chi connectivity index (χ2n) is 5.12. The van der Waals surface area contributed by atoms with Crippen LogP contribution in [0.2, 0.25) is 10.0 Å². The molecule has 0 aliphatic rings. The number of aromatic nitrogens is 1. The Morgan fingerprint density at radius 2 is 2.00 bits per heavy atom. The highest BCUT2D eigenvalue weighted by Crippen LogP contribution is 2.34. The normalized spacial score (nSPS) is 10.9. The number of benzene rings is 2. The van der Waals surface area contributed by atoms with Gasteiger partial charge in [0.05, 0.1) is 36.2 Å². The van der Waals surface area contributed by atoms with Crippen molar-refractivity contribution in [2.75, 3.05) is 19.6 Å². The monoisotopic (exact) mass is 407 g/mol. The Labute approximate surface area is 165 Å². The van der Waals surface area contributed by atoms with Gasteiger partial charge in [-0.1, -0.05) is 35.3 Å². The van der Waals surface area contributed by atoms with E-state index in [1.165, 1.54) is 11.3 Å².